The van der Waals surface area contributed by atoms with Crippen LogP contribution in [0.4, 0.5) is 0 Å². The van der Waals surface area contributed by atoms with Gasteiger partial charge in [-0.3, -0.25) is 4.79 Å². The van der Waals surface area contributed by atoms with Gasteiger partial charge in [-0.25, -0.2) is 8.42 Å². The SMILES string of the molecule is CCCC[C@H](NS(=O)(=O)c1cccc(COC)c1)C(=O)O. The van der Waals surface area contributed by atoms with Gasteiger partial charge in [0.15, 0.2) is 0 Å². The third-order valence-corrected chi connectivity index (χ3v) is 4.43. The van der Waals surface area contributed by atoms with E-state index in [9.17, 15) is 13.2 Å². The van der Waals surface area contributed by atoms with E-state index in [0.29, 0.717) is 18.6 Å². The number of hydrogen-bond donors (Lipinski definition) is 2. The maximum Gasteiger partial charge on any atom is 0.321 e. The van der Waals surface area contributed by atoms with Crippen molar-refractivity contribution in [2.45, 2.75) is 43.7 Å². The Labute approximate surface area is 125 Å². The van der Waals surface area contributed by atoms with Gasteiger partial charge in [0.1, 0.15) is 6.04 Å². The molecular weight excluding hydrogens is 294 g/mol. The number of nitrogens with one attached hydrogen (secondary N) is 1. The second-order valence-corrected chi connectivity index (χ2v) is 6.45. The first-order valence-electron chi connectivity index (χ1n) is 6.73. The quantitative estimate of drug-likeness (QED) is 0.724. The maximum atomic E-state index is 12.3. The maximum absolute atomic E-state index is 12.3. The van der Waals surface area contributed by atoms with Gasteiger partial charge in [0.05, 0.1) is 11.5 Å². The molecule has 1 rings (SSSR count). The third kappa shape index (κ3) is 5.45. The molecule has 0 amide bonds. The van der Waals surface area contributed by atoms with Crippen molar-refractivity contribution in [1.29, 1.82) is 0 Å². The molecule has 21 heavy (non-hydrogen) atoms. The van der Waals surface area contributed by atoms with Crippen LogP contribution in [0.25, 0.3) is 0 Å². The number of carboxylic acid groups (broad SMARTS) is 1. The number of ether oxygens (including phenoxy) is 1. The van der Waals surface area contributed by atoms with Crippen molar-refractivity contribution < 1.29 is 23.1 Å². The predicted molar refractivity (Wildman–Crippen MR) is 78.4 cm³/mol. The number of aliphatic carboxylic acids is 1. The van der Waals surface area contributed by atoms with E-state index in [0.717, 1.165) is 6.42 Å². The zero-order valence-corrected chi connectivity index (χ0v) is 13.0. The highest BCUT2D eigenvalue weighted by Crippen LogP contribution is 2.14. The van der Waals surface area contributed by atoms with Gasteiger partial charge in [-0.1, -0.05) is 31.9 Å². The number of sulfonamides is 1. The van der Waals surface area contributed by atoms with E-state index in [4.69, 9.17) is 9.84 Å². The Bertz CT molecular complexity index is 570. The number of hydrogen-bond acceptors (Lipinski definition) is 4. The molecule has 0 saturated carbocycles. The Morgan fingerprint density at radius 2 is 2.14 bits per heavy atom. The van der Waals surface area contributed by atoms with Crippen molar-refractivity contribution in [3.8, 4) is 0 Å². The number of methoxy groups -OCH3 is 1. The van der Waals surface area contributed by atoms with Crippen LogP contribution in [-0.2, 0) is 26.2 Å². The number of unbranched alkanes of at least 4 members (excludes halogenated alkanes) is 1. The highest BCUT2D eigenvalue weighted by atomic mass is 32.2. The Kier molecular flexibility index (Phi) is 6.80. The molecule has 0 aliphatic heterocycles. The molecule has 0 aromatic heterocycles. The molecule has 0 radical (unpaired) electrons. The normalized spacial score (nSPS) is 13.0. The summed E-state index contributed by atoms with van der Waals surface area (Å²) in [5.41, 5.74) is 0.709. The summed E-state index contributed by atoms with van der Waals surface area (Å²) in [5, 5.41) is 9.10. The molecule has 2 N–H and O–H groups in total. The minimum Gasteiger partial charge on any atom is -0.480 e. The Hall–Kier alpha value is -1.44. The van der Waals surface area contributed by atoms with Crippen molar-refractivity contribution >= 4 is 16.0 Å². The molecule has 118 valence electrons. The van der Waals surface area contributed by atoms with E-state index in [1.165, 1.54) is 19.2 Å². The molecule has 0 aliphatic rings. The van der Waals surface area contributed by atoms with Crippen LogP contribution in [0.1, 0.15) is 31.7 Å². The lowest BCUT2D eigenvalue weighted by atomic mass is 10.1. The smallest absolute Gasteiger partial charge is 0.321 e. The van der Waals surface area contributed by atoms with Gasteiger partial charge in [-0.15, -0.1) is 0 Å². The third-order valence-electron chi connectivity index (χ3n) is 2.96. The lowest BCUT2D eigenvalue weighted by molar-refractivity contribution is -0.139. The summed E-state index contributed by atoms with van der Waals surface area (Å²) in [6, 6.07) is 5.14. The van der Waals surface area contributed by atoms with E-state index in [2.05, 4.69) is 4.72 Å². The molecule has 0 spiro atoms. The average Bonchev–Trinajstić information content (AvgIpc) is 2.44. The number of carbonyl (C=O) groups is 1. The van der Waals surface area contributed by atoms with Crippen molar-refractivity contribution in [2.75, 3.05) is 7.11 Å². The molecule has 0 heterocycles. The molecule has 0 unspecified atom stereocenters. The lowest BCUT2D eigenvalue weighted by Crippen LogP contribution is -2.40. The minimum atomic E-state index is -3.86. The van der Waals surface area contributed by atoms with Crippen LogP contribution < -0.4 is 4.72 Å². The summed E-state index contributed by atoms with van der Waals surface area (Å²) >= 11 is 0. The predicted octanol–water partition coefficient (Wildman–Crippen LogP) is 1.75. The molecule has 1 atom stereocenters. The van der Waals surface area contributed by atoms with Gasteiger partial charge in [0, 0.05) is 7.11 Å². The topological polar surface area (TPSA) is 92.7 Å². The van der Waals surface area contributed by atoms with E-state index in [1.807, 2.05) is 6.92 Å². The Morgan fingerprint density at radius 1 is 1.43 bits per heavy atom. The van der Waals surface area contributed by atoms with Gasteiger partial charge >= 0.3 is 5.97 Å². The number of benzene rings is 1. The van der Waals surface area contributed by atoms with Crippen LogP contribution in [0, 0.1) is 0 Å². The Morgan fingerprint density at radius 3 is 2.71 bits per heavy atom. The summed E-state index contributed by atoms with van der Waals surface area (Å²) in [6.07, 6.45) is 1.71. The van der Waals surface area contributed by atoms with E-state index in [-0.39, 0.29) is 11.3 Å². The molecule has 0 aliphatic carbocycles. The highest BCUT2D eigenvalue weighted by Gasteiger charge is 2.24. The van der Waals surface area contributed by atoms with Crippen molar-refractivity contribution in [3.63, 3.8) is 0 Å². The molecule has 7 heteroatoms. The van der Waals surface area contributed by atoms with Gasteiger partial charge in [0.2, 0.25) is 10.0 Å². The highest BCUT2D eigenvalue weighted by molar-refractivity contribution is 7.89. The lowest BCUT2D eigenvalue weighted by Gasteiger charge is -2.15. The number of carboxylic acids is 1. The van der Waals surface area contributed by atoms with Crippen LogP contribution in [0.2, 0.25) is 0 Å². The summed E-state index contributed by atoms with van der Waals surface area (Å²) in [7, 11) is -2.34. The first-order valence-corrected chi connectivity index (χ1v) is 8.22. The zero-order chi connectivity index (χ0) is 15.9. The molecule has 6 nitrogen and oxygen atoms in total. The summed E-state index contributed by atoms with van der Waals surface area (Å²) in [5.74, 6) is -1.17. The van der Waals surface area contributed by atoms with E-state index in [1.54, 1.807) is 12.1 Å². The van der Waals surface area contributed by atoms with Crippen molar-refractivity contribution in [2.24, 2.45) is 0 Å². The molecular formula is C14H21NO5S. The molecule has 1 aromatic rings. The molecule has 0 saturated heterocycles. The summed E-state index contributed by atoms with van der Waals surface area (Å²) < 4.78 is 31.7. The van der Waals surface area contributed by atoms with E-state index < -0.39 is 22.0 Å². The van der Waals surface area contributed by atoms with Gasteiger partial charge in [0.25, 0.3) is 0 Å². The van der Waals surface area contributed by atoms with Crippen LogP contribution in [-0.4, -0.2) is 32.6 Å². The minimum absolute atomic E-state index is 0.0415. The fraction of sp³-hybridized carbons (Fsp3) is 0.500. The average molecular weight is 315 g/mol. The molecule has 1 aromatic carbocycles. The van der Waals surface area contributed by atoms with E-state index >= 15 is 0 Å². The van der Waals surface area contributed by atoms with Gasteiger partial charge in [-0.2, -0.15) is 4.72 Å². The standard InChI is InChI=1S/C14H21NO5S/c1-3-4-8-13(14(16)17)15-21(18,19)12-7-5-6-11(9-12)10-20-2/h5-7,9,13,15H,3-4,8,10H2,1-2H3,(H,16,17)/t13-/m0/s1. The van der Waals surface area contributed by atoms with Gasteiger partial charge < -0.3 is 9.84 Å². The van der Waals surface area contributed by atoms with Crippen LogP contribution in [0.5, 0.6) is 0 Å². The summed E-state index contributed by atoms with van der Waals surface area (Å²) in [4.78, 5) is 11.2. The number of rotatable bonds is 9. The molecule has 0 bridgehead atoms. The monoisotopic (exact) mass is 315 g/mol. The first-order chi connectivity index (χ1) is 9.90. The van der Waals surface area contributed by atoms with Crippen LogP contribution in [0.3, 0.4) is 0 Å². The van der Waals surface area contributed by atoms with Crippen LogP contribution in [0.15, 0.2) is 29.2 Å². The van der Waals surface area contributed by atoms with Crippen molar-refractivity contribution in [3.05, 3.63) is 29.8 Å². The fourth-order valence-corrected chi connectivity index (χ4v) is 3.16. The molecule has 0 fully saturated rings. The second-order valence-electron chi connectivity index (χ2n) is 4.73. The Balaban J connectivity index is 2.93. The first kappa shape index (κ1) is 17.6. The second kappa shape index (κ2) is 8.11. The van der Waals surface area contributed by atoms with Crippen LogP contribution >= 0.6 is 0 Å². The zero-order valence-electron chi connectivity index (χ0n) is 12.2. The van der Waals surface area contributed by atoms with Gasteiger partial charge in [-0.05, 0) is 24.1 Å². The largest absolute Gasteiger partial charge is 0.480 e. The summed E-state index contributed by atoms with van der Waals surface area (Å²) in [6.45, 7) is 2.21. The van der Waals surface area contributed by atoms with Crippen molar-refractivity contribution in [1.82, 2.24) is 4.72 Å². The fourth-order valence-electron chi connectivity index (χ4n) is 1.87.